The van der Waals surface area contributed by atoms with E-state index in [1.165, 1.54) is 17.5 Å². The largest absolute Gasteiger partial charge is 0.496 e. The van der Waals surface area contributed by atoms with E-state index in [1.807, 2.05) is 32.1 Å². The van der Waals surface area contributed by atoms with E-state index >= 15 is 0 Å². The lowest BCUT2D eigenvalue weighted by atomic mass is 10.0. The van der Waals surface area contributed by atoms with E-state index in [-0.39, 0.29) is 11.9 Å². The molecular formula is C25H35N5O2. The molecule has 4 rings (SSSR count). The molecule has 2 aromatic rings. The van der Waals surface area contributed by atoms with Crippen LogP contribution >= 0.6 is 0 Å². The minimum atomic E-state index is -0.0568. The minimum Gasteiger partial charge on any atom is -0.496 e. The lowest BCUT2D eigenvalue weighted by Crippen LogP contribution is -2.32. The number of nitrogens with zero attached hydrogens (tertiary/aromatic N) is 4. The number of ether oxygens (including phenoxy) is 1. The van der Waals surface area contributed by atoms with Gasteiger partial charge in [-0.15, -0.1) is 0 Å². The van der Waals surface area contributed by atoms with Crippen LogP contribution in [-0.2, 0) is 30.6 Å². The smallest absolute Gasteiger partial charge is 0.223 e. The van der Waals surface area contributed by atoms with Crippen LogP contribution in [0.15, 0.2) is 18.2 Å². The molecule has 7 nitrogen and oxygen atoms in total. The van der Waals surface area contributed by atoms with Gasteiger partial charge in [0.2, 0.25) is 5.91 Å². The molecule has 32 heavy (non-hydrogen) atoms. The van der Waals surface area contributed by atoms with E-state index in [0.29, 0.717) is 12.8 Å². The summed E-state index contributed by atoms with van der Waals surface area (Å²) in [5, 5.41) is 3.14. The molecule has 0 bridgehead atoms. The Bertz CT molecular complexity index is 975. The second-order valence-electron chi connectivity index (χ2n) is 9.12. The summed E-state index contributed by atoms with van der Waals surface area (Å²) in [5.74, 6) is 2.63. The molecule has 2 aliphatic rings. The van der Waals surface area contributed by atoms with E-state index in [1.54, 1.807) is 7.11 Å². The van der Waals surface area contributed by atoms with Crippen molar-refractivity contribution in [1.82, 2.24) is 19.8 Å². The Morgan fingerprint density at radius 3 is 2.69 bits per heavy atom. The standard InChI is InChI=1S/C25H35N5O2/c1-26-23-15-20(16-29(2)3)27-25(28-23)21-9-6-12-30(21)24(31)11-10-19-13-17-7-5-8-18(17)14-22(19)32-4/h13-15,21H,5-12,16H2,1-4H3,(H,26,27,28)/t21-/m1/s1. The summed E-state index contributed by atoms with van der Waals surface area (Å²) in [6.07, 6.45) is 6.52. The number of nitrogens with one attached hydrogen (secondary N) is 1. The number of benzene rings is 1. The van der Waals surface area contributed by atoms with Crippen LogP contribution < -0.4 is 10.1 Å². The number of rotatable bonds is 8. The fourth-order valence-corrected chi connectivity index (χ4v) is 4.96. The monoisotopic (exact) mass is 437 g/mol. The summed E-state index contributed by atoms with van der Waals surface area (Å²) >= 11 is 0. The first-order chi connectivity index (χ1) is 15.5. The normalized spacial score (nSPS) is 17.7. The molecule has 1 aromatic heterocycles. The van der Waals surface area contributed by atoms with Gasteiger partial charge in [0, 0.05) is 32.6 Å². The van der Waals surface area contributed by atoms with Crippen LogP contribution in [0.25, 0.3) is 0 Å². The maximum atomic E-state index is 13.3. The van der Waals surface area contributed by atoms with E-state index in [0.717, 1.165) is 67.4 Å². The fraction of sp³-hybridized carbons (Fsp3) is 0.560. The highest BCUT2D eigenvalue weighted by Gasteiger charge is 2.32. The maximum absolute atomic E-state index is 13.3. The van der Waals surface area contributed by atoms with Gasteiger partial charge in [-0.3, -0.25) is 4.79 Å². The van der Waals surface area contributed by atoms with Crippen molar-refractivity contribution < 1.29 is 9.53 Å². The zero-order valence-corrected chi connectivity index (χ0v) is 19.8. The molecule has 1 fully saturated rings. The Morgan fingerprint density at radius 1 is 1.19 bits per heavy atom. The molecule has 0 spiro atoms. The lowest BCUT2D eigenvalue weighted by molar-refractivity contribution is -0.132. The number of hydrogen-bond acceptors (Lipinski definition) is 6. The quantitative estimate of drug-likeness (QED) is 0.683. The average molecular weight is 438 g/mol. The molecular weight excluding hydrogens is 402 g/mol. The van der Waals surface area contributed by atoms with Gasteiger partial charge >= 0.3 is 0 Å². The van der Waals surface area contributed by atoms with Gasteiger partial charge < -0.3 is 19.9 Å². The number of fused-ring (bicyclic) bond motifs is 1. The molecule has 1 aliphatic carbocycles. The highest BCUT2D eigenvalue weighted by Crippen LogP contribution is 2.33. The molecule has 1 aromatic carbocycles. The van der Waals surface area contributed by atoms with E-state index < -0.39 is 0 Å². The van der Waals surface area contributed by atoms with Crippen LogP contribution in [0.1, 0.15) is 59.9 Å². The molecule has 7 heteroatoms. The summed E-state index contributed by atoms with van der Waals surface area (Å²) in [7, 11) is 7.64. The molecule has 0 radical (unpaired) electrons. The molecule has 1 aliphatic heterocycles. The van der Waals surface area contributed by atoms with Gasteiger partial charge in [-0.25, -0.2) is 9.97 Å². The highest BCUT2D eigenvalue weighted by atomic mass is 16.5. The Kier molecular flexibility index (Phi) is 6.94. The SMILES string of the molecule is CNc1cc(CN(C)C)nc([C@H]2CCCN2C(=O)CCc2cc3c(cc2OC)CCC3)n1. The van der Waals surface area contributed by atoms with Crippen molar-refractivity contribution >= 4 is 11.7 Å². The summed E-state index contributed by atoms with van der Waals surface area (Å²) < 4.78 is 5.63. The fourth-order valence-electron chi connectivity index (χ4n) is 4.96. The summed E-state index contributed by atoms with van der Waals surface area (Å²) in [5.41, 5.74) is 4.91. The molecule has 1 N–H and O–H groups in total. The van der Waals surface area contributed by atoms with Crippen molar-refractivity contribution in [2.45, 2.75) is 57.5 Å². The van der Waals surface area contributed by atoms with Crippen molar-refractivity contribution in [1.29, 1.82) is 0 Å². The zero-order valence-electron chi connectivity index (χ0n) is 19.8. The number of anilines is 1. The van der Waals surface area contributed by atoms with Gasteiger partial charge in [0.25, 0.3) is 0 Å². The number of likely N-dealkylation sites (tertiary alicyclic amines) is 1. The summed E-state index contributed by atoms with van der Waals surface area (Å²) in [6.45, 7) is 1.50. The van der Waals surface area contributed by atoms with Gasteiger partial charge in [-0.05, 0) is 75.4 Å². The minimum absolute atomic E-state index is 0.0568. The van der Waals surface area contributed by atoms with Crippen LogP contribution in [0.2, 0.25) is 0 Å². The number of aromatic nitrogens is 2. The van der Waals surface area contributed by atoms with Crippen LogP contribution in [0, 0.1) is 0 Å². The first-order valence-corrected chi connectivity index (χ1v) is 11.7. The Hall–Kier alpha value is -2.67. The molecule has 2 heterocycles. The molecule has 0 saturated carbocycles. The first-order valence-electron chi connectivity index (χ1n) is 11.7. The van der Waals surface area contributed by atoms with Gasteiger partial charge in [-0.2, -0.15) is 0 Å². The van der Waals surface area contributed by atoms with Gasteiger partial charge in [0.1, 0.15) is 11.6 Å². The third-order valence-electron chi connectivity index (χ3n) is 6.51. The van der Waals surface area contributed by atoms with Crippen molar-refractivity contribution in [3.63, 3.8) is 0 Å². The number of carbonyl (C=O) groups excluding carboxylic acids is 1. The molecule has 1 saturated heterocycles. The van der Waals surface area contributed by atoms with E-state index in [9.17, 15) is 4.79 Å². The number of carbonyl (C=O) groups is 1. The average Bonchev–Trinajstić information content (AvgIpc) is 3.45. The predicted molar refractivity (Wildman–Crippen MR) is 126 cm³/mol. The lowest BCUT2D eigenvalue weighted by Gasteiger charge is -2.25. The number of methoxy groups -OCH3 is 1. The summed E-state index contributed by atoms with van der Waals surface area (Å²) in [4.78, 5) is 26.8. The van der Waals surface area contributed by atoms with Gasteiger partial charge in [0.05, 0.1) is 18.8 Å². The third-order valence-corrected chi connectivity index (χ3v) is 6.51. The predicted octanol–water partition coefficient (Wildman–Crippen LogP) is 3.37. The van der Waals surface area contributed by atoms with Crippen LogP contribution in [0.4, 0.5) is 5.82 Å². The molecule has 1 atom stereocenters. The number of aryl methyl sites for hydroxylation is 3. The third kappa shape index (κ3) is 4.88. The van der Waals surface area contributed by atoms with Crippen molar-refractivity contribution in [2.24, 2.45) is 0 Å². The second kappa shape index (κ2) is 9.86. The van der Waals surface area contributed by atoms with Crippen LogP contribution in [0.5, 0.6) is 5.75 Å². The molecule has 0 unspecified atom stereocenters. The zero-order chi connectivity index (χ0) is 22.7. The van der Waals surface area contributed by atoms with Crippen molar-refractivity contribution in [3.8, 4) is 5.75 Å². The Morgan fingerprint density at radius 2 is 1.97 bits per heavy atom. The van der Waals surface area contributed by atoms with E-state index in [2.05, 4.69) is 22.3 Å². The van der Waals surface area contributed by atoms with E-state index in [4.69, 9.17) is 14.7 Å². The second-order valence-corrected chi connectivity index (χ2v) is 9.12. The maximum Gasteiger partial charge on any atom is 0.223 e. The summed E-state index contributed by atoms with van der Waals surface area (Å²) in [6, 6.07) is 6.34. The topological polar surface area (TPSA) is 70.6 Å². The highest BCUT2D eigenvalue weighted by molar-refractivity contribution is 5.77. The van der Waals surface area contributed by atoms with Crippen molar-refractivity contribution in [2.75, 3.05) is 40.1 Å². The number of amides is 1. The van der Waals surface area contributed by atoms with Gasteiger partial charge in [0.15, 0.2) is 5.82 Å². The van der Waals surface area contributed by atoms with Crippen LogP contribution in [-0.4, -0.2) is 60.5 Å². The first kappa shape index (κ1) is 22.5. The van der Waals surface area contributed by atoms with Crippen molar-refractivity contribution in [3.05, 3.63) is 46.4 Å². The molecule has 1 amide bonds. The Labute approximate surface area is 191 Å². The van der Waals surface area contributed by atoms with Crippen LogP contribution in [0.3, 0.4) is 0 Å². The Balaban J connectivity index is 1.49. The molecule has 172 valence electrons. The van der Waals surface area contributed by atoms with Gasteiger partial charge in [-0.1, -0.05) is 6.07 Å². The number of hydrogen-bond donors (Lipinski definition) is 1.